The second-order valence-electron chi connectivity index (χ2n) is 8.88. The summed E-state index contributed by atoms with van der Waals surface area (Å²) in [5.74, 6) is 2.99. The first-order chi connectivity index (χ1) is 13.3. The molecule has 1 aromatic heterocycles. The van der Waals surface area contributed by atoms with E-state index in [1.165, 1.54) is 0 Å². The Hall–Kier alpha value is -1.60. The summed E-state index contributed by atoms with van der Waals surface area (Å²) < 4.78 is 11.4. The number of hydrogen-bond acceptors (Lipinski definition) is 5. The smallest absolute Gasteiger partial charge is 0.216 e. The second-order valence-corrected chi connectivity index (χ2v) is 8.88. The fourth-order valence-corrected chi connectivity index (χ4v) is 3.28. The van der Waals surface area contributed by atoms with Gasteiger partial charge in [0.05, 0.1) is 19.4 Å². The standard InChI is InChI=1S/C21H39N5O2/c1-7-22-20(25-15-19-23-14-18(28-19)21(4,5)6)24-13-17(12-16(2)3)26-8-10-27-11-9-26/h14,16-17H,7-13,15H2,1-6H3,(H2,22,24,25). The van der Waals surface area contributed by atoms with Crippen LogP contribution in [0.4, 0.5) is 0 Å². The number of oxazole rings is 1. The van der Waals surface area contributed by atoms with Gasteiger partial charge in [-0.2, -0.15) is 0 Å². The lowest BCUT2D eigenvalue weighted by molar-refractivity contribution is 0.0132. The van der Waals surface area contributed by atoms with Gasteiger partial charge < -0.3 is 19.8 Å². The molecule has 1 fully saturated rings. The van der Waals surface area contributed by atoms with Gasteiger partial charge in [-0.3, -0.25) is 4.90 Å². The van der Waals surface area contributed by atoms with Gasteiger partial charge in [-0.25, -0.2) is 9.98 Å². The molecule has 1 aromatic rings. The third-order valence-corrected chi connectivity index (χ3v) is 4.82. The fourth-order valence-electron chi connectivity index (χ4n) is 3.28. The largest absolute Gasteiger partial charge is 0.443 e. The maximum atomic E-state index is 5.85. The summed E-state index contributed by atoms with van der Waals surface area (Å²) in [4.78, 5) is 11.6. The molecule has 28 heavy (non-hydrogen) atoms. The molecule has 0 aliphatic carbocycles. The molecular weight excluding hydrogens is 354 g/mol. The highest BCUT2D eigenvalue weighted by molar-refractivity contribution is 5.79. The van der Waals surface area contributed by atoms with E-state index in [2.05, 4.69) is 67.1 Å². The molecule has 0 bridgehead atoms. The third kappa shape index (κ3) is 7.43. The minimum Gasteiger partial charge on any atom is -0.443 e. The zero-order chi connectivity index (χ0) is 20.6. The van der Waals surface area contributed by atoms with Crippen molar-refractivity contribution in [3.63, 3.8) is 0 Å². The molecule has 1 unspecified atom stereocenters. The molecule has 160 valence electrons. The van der Waals surface area contributed by atoms with Gasteiger partial charge in [-0.05, 0) is 19.3 Å². The zero-order valence-corrected chi connectivity index (χ0v) is 18.5. The van der Waals surface area contributed by atoms with Crippen LogP contribution in [-0.2, 0) is 16.7 Å². The summed E-state index contributed by atoms with van der Waals surface area (Å²) in [6, 6.07) is 0.474. The summed E-state index contributed by atoms with van der Waals surface area (Å²) in [6.07, 6.45) is 2.96. The van der Waals surface area contributed by atoms with Crippen molar-refractivity contribution in [1.82, 2.24) is 20.5 Å². The number of ether oxygens (including phenoxy) is 1. The average molecular weight is 394 g/mol. The number of morpholine rings is 1. The number of aliphatic imine (C=N–C) groups is 1. The molecule has 1 aliphatic heterocycles. The molecule has 1 saturated heterocycles. The quantitative estimate of drug-likeness (QED) is 0.523. The molecule has 0 radical (unpaired) electrons. The topological polar surface area (TPSA) is 74.9 Å². The van der Waals surface area contributed by atoms with E-state index in [1.807, 2.05) is 6.20 Å². The molecule has 0 amide bonds. The Kier molecular flexibility index (Phi) is 8.76. The Morgan fingerprint density at radius 2 is 1.96 bits per heavy atom. The highest BCUT2D eigenvalue weighted by Crippen LogP contribution is 2.22. The van der Waals surface area contributed by atoms with E-state index in [9.17, 15) is 0 Å². The summed E-state index contributed by atoms with van der Waals surface area (Å²) in [6.45, 7) is 18.7. The van der Waals surface area contributed by atoms with Crippen molar-refractivity contribution < 1.29 is 9.15 Å². The van der Waals surface area contributed by atoms with Crippen molar-refractivity contribution in [3.05, 3.63) is 17.8 Å². The van der Waals surface area contributed by atoms with E-state index in [4.69, 9.17) is 9.15 Å². The van der Waals surface area contributed by atoms with E-state index in [0.29, 0.717) is 24.4 Å². The van der Waals surface area contributed by atoms with E-state index in [-0.39, 0.29) is 5.41 Å². The van der Waals surface area contributed by atoms with E-state index < -0.39 is 0 Å². The Bertz CT molecular complexity index is 600. The molecule has 2 heterocycles. The lowest BCUT2D eigenvalue weighted by Gasteiger charge is -2.35. The Labute approximate surface area is 170 Å². The zero-order valence-electron chi connectivity index (χ0n) is 18.5. The van der Waals surface area contributed by atoms with E-state index in [0.717, 1.165) is 57.5 Å². The molecule has 2 rings (SSSR count). The van der Waals surface area contributed by atoms with Crippen LogP contribution < -0.4 is 10.6 Å². The van der Waals surface area contributed by atoms with Gasteiger partial charge in [0.15, 0.2) is 5.96 Å². The van der Waals surface area contributed by atoms with Crippen LogP contribution in [0.1, 0.15) is 59.6 Å². The average Bonchev–Trinajstić information content (AvgIpc) is 3.13. The molecule has 1 aliphatic rings. The van der Waals surface area contributed by atoms with Gasteiger partial charge >= 0.3 is 0 Å². The monoisotopic (exact) mass is 393 g/mol. The number of hydrogen-bond donors (Lipinski definition) is 2. The van der Waals surface area contributed by atoms with E-state index >= 15 is 0 Å². The highest BCUT2D eigenvalue weighted by Gasteiger charge is 2.22. The van der Waals surface area contributed by atoms with Crippen molar-refractivity contribution in [2.24, 2.45) is 10.9 Å². The lowest BCUT2D eigenvalue weighted by Crippen LogP contribution is -2.51. The molecule has 7 nitrogen and oxygen atoms in total. The van der Waals surface area contributed by atoms with Crippen molar-refractivity contribution in [3.8, 4) is 0 Å². The first-order valence-corrected chi connectivity index (χ1v) is 10.6. The normalized spacial score (nSPS) is 17.8. The van der Waals surface area contributed by atoms with Crippen molar-refractivity contribution >= 4 is 5.96 Å². The maximum absolute atomic E-state index is 5.85. The number of rotatable bonds is 8. The number of guanidine groups is 1. The minimum absolute atomic E-state index is 0.0417. The van der Waals surface area contributed by atoms with Gasteiger partial charge in [0.2, 0.25) is 5.89 Å². The van der Waals surface area contributed by atoms with Gasteiger partial charge in [0, 0.05) is 37.6 Å². The van der Waals surface area contributed by atoms with Crippen molar-refractivity contribution in [2.75, 3.05) is 39.4 Å². The van der Waals surface area contributed by atoms with Crippen LogP contribution in [0.25, 0.3) is 0 Å². The lowest BCUT2D eigenvalue weighted by atomic mass is 9.94. The second kappa shape index (κ2) is 10.8. The van der Waals surface area contributed by atoms with E-state index in [1.54, 1.807) is 0 Å². The van der Waals surface area contributed by atoms with Crippen LogP contribution in [0.5, 0.6) is 0 Å². The minimum atomic E-state index is -0.0417. The molecule has 0 aromatic carbocycles. The summed E-state index contributed by atoms with van der Waals surface area (Å²) in [5, 5.41) is 6.85. The number of aromatic nitrogens is 1. The van der Waals surface area contributed by atoms with Crippen molar-refractivity contribution in [1.29, 1.82) is 0 Å². The van der Waals surface area contributed by atoms with Gasteiger partial charge in [-0.1, -0.05) is 34.6 Å². The SMILES string of the molecule is CCNC(=NCc1ncc(C(C)(C)C)o1)NCC(CC(C)C)N1CCOCC1. The number of nitrogens with zero attached hydrogens (tertiary/aromatic N) is 3. The molecule has 7 heteroatoms. The van der Waals surface area contributed by atoms with Crippen LogP contribution in [-0.4, -0.2) is 61.3 Å². The fraction of sp³-hybridized carbons (Fsp3) is 0.810. The van der Waals surface area contributed by atoms with Crippen molar-refractivity contribution in [2.45, 2.75) is 66.0 Å². The molecule has 1 atom stereocenters. The Balaban J connectivity index is 1.97. The Morgan fingerprint density at radius 3 is 2.54 bits per heavy atom. The first kappa shape index (κ1) is 22.7. The predicted octanol–water partition coefficient (Wildman–Crippen LogP) is 2.77. The summed E-state index contributed by atoms with van der Waals surface area (Å²) in [7, 11) is 0. The summed E-state index contributed by atoms with van der Waals surface area (Å²) >= 11 is 0. The van der Waals surface area contributed by atoms with Crippen LogP contribution in [0.15, 0.2) is 15.6 Å². The van der Waals surface area contributed by atoms with Crippen LogP contribution in [0.3, 0.4) is 0 Å². The van der Waals surface area contributed by atoms with Crippen LogP contribution in [0, 0.1) is 5.92 Å². The van der Waals surface area contributed by atoms with Crippen LogP contribution >= 0.6 is 0 Å². The number of nitrogens with one attached hydrogen (secondary N) is 2. The molecular formula is C21H39N5O2. The third-order valence-electron chi connectivity index (χ3n) is 4.82. The maximum Gasteiger partial charge on any atom is 0.216 e. The first-order valence-electron chi connectivity index (χ1n) is 10.6. The molecule has 0 spiro atoms. The van der Waals surface area contributed by atoms with Crippen LogP contribution in [0.2, 0.25) is 0 Å². The van der Waals surface area contributed by atoms with Gasteiger partial charge in [0.25, 0.3) is 0 Å². The summed E-state index contributed by atoms with van der Waals surface area (Å²) in [5.41, 5.74) is -0.0417. The molecule has 2 N–H and O–H groups in total. The Morgan fingerprint density at radius 1 is 1.25 bits per heavy atom. The predicted molar refractivity (Wildman–Crippen MR) is 114 cm³/mol. The van der Waals surface area contributed by atoms with Gasteiger partial charge in [0.1, 0.15) is 12.3 Å². The van der Waals surface area contributed by atoms with Gasteiger partial charge in [-0.15, -0.1) is 0 Å². The molecule has 0 saturated carbocycles. The highest BCUT2D eigenvalue weighted by atomic mass is 16.5.